The van der Waals surface area contributed by atoms with Crippen LogP contribution in [-0.2, 0) is 18.3 Å². The van der Waals surface area contributed by atoms with Gasteiger partial charge in [-0.05, 0) is 6.08 Å². The third kappa shape index (κ3) is 2.87. The number of phosphoric acid groups is 1. The average Bonchev–Trinajstić information content (AvgIpc) is 3.12. The van der Waals surface area contributed by atoms with Gasteiger partial charge in [0, 0.05) is 7.11 Å². The number of aromatic nitrogens is 4. The van der Waals surface area contributed by atoms with Crippen LogP contribution >= 0.6 is 7.82 Å². The number of imidazole rings is 1. The molecular weight excluding hydrogens is 313 g/mol. The molecule has 3 N–H and O–H groups in total. The minimum Gasteiger partial charge on any atom is -0.382 e. The number of nitrogens with two attached hydrogens (primary N) is 1. The summed E-state index contributed by atoms with van der Waals surface area (Å²) in [7, 11) is -2.93. The van der Waals surface area contributed by atoms with Crippen molar-refractivity contribution in [3.8, 4) is 0 Å². The summed E-state index contributed by atoms with van der Waals surface area (Å²) in [6.07, 6.45) is 5.42. The highest BCUT2D eigenvalue weighted by atomic mass is 31.2. The number of nitrogens with zero attached hydrogens (tertiary/aromatic N) is 4. The Hall–Kier alpha value is -1.84. The Morgan fingerprint density at radius 2 is 2.27 bits per heavy atom. The Morgan fingerprint density at radius 1 is 1.45 bits per heavy atom. The summed E-state index contributed by atoms with van der Waals surface area (Å²) < 4.78 is 27.7. The van der Waals surface area contributed by atoms with Gasteiger partial charge < -0.3 is 15.4 Å². The van der Waals surface area contributed by atoms with Crippen LogP contribution in [0.3, 0.4) is 0 Å². The van der Waals surface area contributed by atoms with Crippen LogP contribution in [0.1, 0.15) is 6.23 Å². The lowest BCUT2D eigenvalue weighted by Crippen LogP contribution is -2.17. The normalized spacial score (nSPS) is 23.9. The number of hydrogen-bond acceptors (Lipinski definition) is 8. The third-order valence-corrected chi connectivity index (χ3v) is 4.04. The van der Waals surface area contributed by atoms with Crippen LogP contribution in [0.25, 0.3) is 11.2 Å². The van der Waals surface area contributed by atoms with Gasteiger partial charge in [-0.25, -0.2) is 19.5 Å². The lowest BCUT2D eigenvalue weighted by molar-refractivity contribution is -0.00758. The molecule has 22 heavy (non-hydrogen) atoms. The van der Waals surface area contributed by atoms with E-state index in [1.807, 2.05) is 0 Å². The van der Waals surface area contributed by atoms with E-state index in [2.05, 4.69) is 19.5 Å². The number of ether oxygens (including phenoxy) is 1. The Morgan fingerprint density at radius 3 is 3.05 bits per heavy atom. The fourth-order valence-electron chi connectivity index (χ4n) is 2.02. The van der Waals surface area contributed by atoms with Gasteiger partial charge >= 0.3 is 7.82 Å². The number of rotatable bonds is 5. The summed E-state index contributed by atoms with van der Waals surface area (Å²) in [4.78, 5) is 21.3. The maximum atomic E-state index is 11.2. The van der Waals surface area contributed by atoms with E-state index < -0.39 is 20.2 Å². The first-order chi connectivity index (χ1) is 10.5. The maximum Gasteiger partial charge on any atom is 0.472 e. The molecule has 0 radical (unpaired) electrons. The van der Waals surface area contributed by atoms with Gasteiger partial charge in [-0.15, -0.1) is 0 Å². The molecule has 3 rings (SSSR count). The van der Waals surface area contributed by atoms with Gasteiger partial charge in [0.25, 0.3) is 0 Å². The molecule has 0 fully saturated rings. The quantitative estimate of drug-likeness (QED) is 0.598. The SMILES string of the molecule is COP(=O)(O)OCC1C=CC(n2cnc3c(N)ncnc32)O1. The van der Waals surface area contributed by atoms with Gasteiger partial charge in [0.2, 0.25) is 0 Å². The fourth-order valence-corrected chi connectivity index (χ4v) is 2.46. The second kappa shape index (κ2) is 5.75. The zero-order chi connectivity index (χ0) is 15.7. The van der Waals surface area contributed by atoms with E-state index in [1.54, 1.807) is 23.0 Å². The summed E-state index contributed by atoms with van der Waals surface area (Å²) >= 11 is 0. The molecule has 11 heteroatoms. The van der Waals surface area contributed by atoms with Crippen molar-refractivity contribution in [1.82, 2.24) is 19.5 Å². The third-order valence-electron chi connectivity index (χ3n) is 3.10. The Balaban J connectivity index is 1.71. The van der Waals surface area contributed by atoms with E-state index in [9.17, 15) is 9.46 Å². The van der Waals surface area contributed by atoms with E-state index in [0.29, 0.717) is 11.2 Å². The molecule has 118 valence electrons. The Labute approximate surface area is 125 Å². The molecule has 3 unspecified atom stereocenters. The first kappa shape index (κ1) is 15.1. The number of nitrogen functional groups attached to an aromatic ring is 1. The predicted octanol–water partition coefficient (Wildman–Crippen LogP) is 0.626. The topological polar surface area (TPSA) is 135 Å². The van der Waals surface area contributed by atoms with Crippen LogP contribution in [0.4, 0.5) is 5.82 Å². The number of phosphoric ester groups is 1. The van der Waals surface area contributed by atoms with Crippen molar-refractivity contribution in [3.63, 3.8) is 0 Å². The van der Waals surface area contributed by atoms with Gasteiger partial charge in [0.1, 0.15) is 17.9 Å². The monoisotopic (exact) mass is 327 g/mol. The summed E-state index contributed by atoms with van der Waals surface area (Å²) in [5.74, 6) is 0.284. The summed E-state index contributed by atoms with van der Waals surface area (Å²) in [5.41, 5.74) is 6.75. The van der Waals surface area contributed by atoms with Crippen LogP contribution in [0.5, 0.6) is 0 Å². The van der Waals surface area contributed by atoms with E-state index in [0.717, 1.165) is 7.11 Å². The number of hydrogen-bond donors (Lipinski definition) is 2. The van der Waals surface area contributed by atoms with Gasteiger partial charge in [0.05, 0.1) is 12.9 Å². The largest absolute Gasteiger partial charge is 0.472 e. The summed E-state index contributed by atoms with van der Waals surface area (Å²) in [6, 6.07) is 0. The van der Waals surface area contributed by atoms with Crippen LogP contribution in [0, 0.1) is 0 Å². The van der Waals surface area contributed by atoms with Gasteiger partial charge in [-0.2, -0.15) is 0 Å². The van der Waals surface area contributed by atoms with Gasteiger partial charge in [-0.3, -0.25) is 13.6 Å². The number of fused-ring (bicyclic) bond motifs is 1. The molecule has 10 nitrogen and oxygen atoms in total. The molecule has 0 spiro atoms. The second-order valence-corrected chi connectivity index (χ2v) is 6.04. The first-order valence-electron chi connectivity index (χ1n) is 6.30. The maximum absolute atomic E-state index is 11.2. The molecule has 0 bridgehead atoms. The molecular formula is C11H14N5O5P. The second-order valence-electron chi connectivity index (χ2n) is 4.48. The van der Waals surface area contributed by atoms with E-state index in [4.69, 9.17) is 15.0 Å². The summed E-state index contributed by atoms with van der Waals surface area (Å²) in [6.45, 7) is -0.113. The molecule has 0 saturated heterocycles. The highest BCUT2D eigenvalue weighted by Gasteiger charge is 2.26. The smallest absolute Gasteiger partial charge is 0.382 e. The van der Waals surface area contributed by atoms with Crippen molar-refractivity contribution in [2.75, 3.05) is 19.5 Å². The molecule has 3 atom stereocenters. The molecule has 1 aliphatic rings. The molecule has 2 aromatic rings. The zero-order valence-electron chi connectivity index (χ0n) is 11.6. The van der Waals surface area contributed by atoms with Gasteiger partial charge in [0.15, 0.2) is 17.7 Å². The molecule has 0 aliphatic carbocycles. The fraction of sp³-hybridized carbons (Fsp3) is 0.364. The average molecular weight is 327 g/mol. The zero-order valence-corrected chi connectivity index (χ0v) is 12.5. The molecule has 2 aromatic heterocycles. The molecule has 0 aromatic carbocycles. The van der Waals surface area contributed by atoms with Crippen molar-refractivity contribution in [2.45, 2.75) is 12.3 Å². The molecule has 1 aliphatic heterocycles. The van der Waals surface area contributed by atoms with E-state index in [-0.39, 0.29) is 12.4 Å². The molecule has 3 heterocycles. The van der Waals surface area contributed by atoms with Crippen molar-refractivity contribution in [1.29, 1.82) is 0 Å². The molecule has 0 amide bonds. The van der Waals surface area contributed by atoms with Crippen LogP contribution < -0.4 is 5.73 Å². The van der Waals surface area contributed by atoms with Crippen molar-refractivity contribution >= 4 is 24.8 Å². The van der Waals surface area contributed by atoms with Crippen molar-refractivity contribution < 1.29 is 23.2 Å². The van der Waals surface area contributed by atoms with Crippen molar-refractivity contribution in [3.05, 3.63) is 24.8 Å². The Kier molecular flexibility index (Phi) is 3.94. The summed E-state index contributed by atoms with van der Waals surface area (Å²) in [5, 5.41) is 0. The standard InChI is InChI=1S/C11H14N5O5P/c1-19-22(17,18)20-4-7-2-3-8(21-7)16-6-15-9-10(12)13-5-14-11(9)16/h2-3,5-8H,4H2,1H3,(H,17,18)(H2,12,13,14). The van der Waals surface area contributed by atoms with Crippen LogP contribution in [-0.4, -0.2) is 44.2 Å². The van der Waals surface area contributed by atoms with Crippen molar-refractivity contribution in [2.24, 2.45) is 0 Å². The minimum absolute atomic E-state index is 0.113. The van der Waals surface area contributed by atoms with Gasteiger partial charge in [-0.1, -0.05) is 6.08 Å². The number of anilines is 1. The highest BCUT2D eigenvalue weighted by Crippen LogP contribution is 2.42. The predicted molar refractivity (Wildman–Crippen MR) is 75.6 cm³/mol. The highest BCUT2D eigenvalue weighted by molar-refractivity contribution is 7.47. The van der Waals surface area contributed by atoms with Crippen LogP contribution in [0.2, 0.25) is 0 Å². The molecule has 0 saturated carbocycles. The minimum atomic E-state index is -4.02. The van der Waals surface area contributed by atoms with E-state index >= 15 is 0 Å². The van der Waals surface area contributed by atoms with E-state index in [1.165, 1.54) is 6.33 Å². The first-order valence-corrected chi connectivity index (χ1v) is 7.79. The lowest BCUT2D eigenvalue weighted by Gasteiger charge is -2.16. The Bertz CT molecular complexity index is 762. The van der Waals surface area contributed by atoms with Crippen LogP contribution in [0.15, 0.2) is 24.8 Å². The lowest BCUT2D eigenvalue weighted by atomic mass is 10.4.